The smallest absolute Gasteiger partial charge is 0.253 e. The minimum atomic E-state index is -0.340. The molecule has 2 aromatic rings. The Hall–Kier alpha value is -2.33. The number of nitrogens with zero attached hydrogens (tertiary/aromatic N) is 1. The van der Waals surface area contributed by atoms with Gasteiger partial charge in [0.2, 0.25) is 5.91 Å². The molecular weight excluding hydrogens is 324 g/mol. The van der Waals surface area contributed by atoms with Crippen molar-refractivity contribution in [2.45, 2.75) is 13.3 Å². The summed E-state index contributed by atoms with van der Waals surface area (Å²) in [5.74, 6) is -0.443. The molecule has 2 aromatic carbocycles. The van der Waals surface area contributed by atoms with Gasteiger partial charge in [0.25, 0.3) is 5.91 Å². The highest BCUT2D eigenvalue weighted by Gasteiger charge is 2.15. The fraction of sp³-hybridized carbons (Fsp3) is 0.263. The topological polar surface area (TPSA) is 49.4 Å². The zero-order valence-electron chi connectivity index (χ0n) is 13.7. The van der Waals surface area contributed by atoms with E-state index in [0.29, 0.717) is 23.7 Å². The summed E-state index contributed by atoms with van der Waals surface area (Å²) in [5.41, 5.74) is 1.56. The Kier molecular flexibility index (Phi) is 6.82. The van der Waals surface area contributed by atoms with Crippen molar-refractivity contribution in [3.63, 3.8) is 0 Å². The van der Waals surface area contributed by atoms with E-state index in [0.717, 1.165) is 6.42 Å². The van der Waals surface area contributed by atoms with Crippen LogP contribution in [0.5, 0.6) is 0 Å². The minimum Gasteiger partial charge on any atom is -0.343 e. The van der Waals surface area contributed by atoms with E-state index in [1.165, 1.54) is 5.56 Å². The molecule has 0 aliphatic heterocycles. The molecule has 0 aliphatic carbocycles. The summed E-state index contributed by atoms with van der Waals surface area (Å²) < 4.78 is 0. The molecule has 0 radical (unpaired) electrons. The zero-order valence-corrected chi connectivity index (χ0v) is 14.4. The van der Waals surface area contributed by atoms with Gasteiger partial charge in [-0.25, -0.2) is 0 Å². The van der Waals surface area contributed by atoms with E-state index in [1.807, 2.05) is 37.3 Å². The van der Waals surface area contributed by atoms with Gasteiger partial charge in [0.05, 0.1) is 17.1 Å². The Bertz CT molecular complexity index is 689. The number of likely N-dealkylation sites (N-methyl/N-ethyl adjacent to an activating group) is 1. The lowest BCUT2D eigenvalue weighted by molar-refractivity contribution is -0.129. The first-order valence-corrected chi connectivity index (χ1v) is 8.34. The van der Waals surface area contributed by atoms with E-state index in [1.54, 1.807) is 29.2 Å². The first-order chi connectivity index (χ1) is 11.6. The molecule has 1 N–H and O–H groups in total. The van der Waals surface area contributed by atoms with Gasteiger partial charge in [-0.05, 0) is 31.0 Å². The van der Waals surface area contributed by atoms with Gasteiger partial charge in [0.1, 0.15) is 0 Å². The Morgan fingerprint density at radius 2 is 1.71 bits per heavy atom. The first-order valence-electron chi connectivity index (χ1n) is 7.96. The molecular formula is C19H21ClN2O2. The van der Waals surface area contributed by atoms with Crippen molar-refractivity contribution in [1.82, 2.24) is 10.2 Å². The normalized spacial score (nSPS) is 10.2. The summed E-state index contributed by atoms with van der Waals surface area (Å²) in [6, 6.07) is 16.8. The Morgan fingerprint density at radius 1 is 1.04 bits per heavy atom. The van der Waals surface area contributed by atoms with Crippen LogP contribution >= 0.6 is 11.6 Å². The fourth-order valence-corrected chi connectivity index (χ4v) is 2.60. The minimum absolute atomic E-state index is 0.0350. The number of rotatable bonds is 7. The van der Waals surface area contributed by atoms with Crippen LogP contribution in [0, 0.1) is 0 Å². The van der Waals surface area contributed by atoms with Gasteiger partial charge in [-0.15, -0.1) is 0 Å². The lowest BCUT2D eigenvalue weighted by Crippen LogP contribution is -2.41. The highest BCUT2D eigenvalue weighted by atomic mass is 35.5. The largest absolute Gasteiger partial charge is 0.343 e. The lowest BCUT2D eigenvalue weighted by Gasteiger charge is -2.21. The Morgan fingerprint density at radius 3 is 2.38 bits per heavy atom. The molecule has 5 heteroatoms. The van der Waals surface area contributed by atoms with Crippen LogP contribution in [0.4, 0.5) is 0 Å². The monoisotopic (exact) mass is 344 g/mol. The van der Waals surface area contributed by atoms with Gasteiger partial charge in [0, 0.05) is 13.1 Å². The average Bonchev–Trinajstić information content (AvgIpc) is 2.61. The third kappa shape index (κ3) is 5.10. The van der Waals surface area contributed by atoms with E-state index < -0.39 is 0 Å². The molecule has 0 saturated carbocycles. The van der Waals surface area contributed by atoms with Crippen molar-refractivity contribution in [3.8, 4) is 0 Å². The van der Waals surface area contributed by atoms with Crippen molar-refractivity contribution < 1.29 is 9.59 Å². The van der Waals surface area contributed by atoms with Crippen molar-refractivity contribution in [3.05, 3.63) is 70.7 Å². The summed E-state index contributed by atoms with van der Waals surface area (Å²) in [5, 5.41) is 3.01. The number of carbonyl (C=O) groups is 2. The highest BCUT2D eigenvalue weighted by Crippen LogP contribution is 2.14. The van der Waals surface area contributed by atoms with Gasteiger partial charge in [-0.2, -0.15) is 0 Å². The molecule has 0 spiro atoms. The van der Waals surface area contributed by atoms with Crippen LogP contribution in [-0.4, -0.2) is 36.3 Å². The molecule has 2 amide bonds. The standard InChI is InChI=1S/C19H21ClN2O2/c1-2-22(13-12-15-8-4-3-5-9-15)18(23)14-21-19(24)16-10-6-7-11-17(16)20/h3-11H,2,12-14H2,1H3,(H,21,24). The van der Waals surface area contributed by atoms with Gasteiger partial charge < -0.3 is 10.2 Å². The summed E-state index contributed by atoms with van der Waals surface area (Å²) in [6.07, 6.45) is 0.791. The summed E-state index contributed by atoms with van der Waals surface area (Å²) >= 11 is 5.99. The summed E-state index contributed by atoms with van der Waals surface area (Å²) in [7, 11) is 0. The van der Waals surface area contributed by atoms with E-state index in [2.05, 4.69) is 5.32 Å². The molecule has 0 unspecified atom stereocenters. The molecule has 0 bridgehead atoms. The average molecular weight is 345 g/mol. The van der Waals surface area contributed by atoms with Crippen LogP contribution in [0.25, 0.3) is 0 Å². The third-order valence-electron chi connectivity index (χ3n) is 3.77. The SMILES string of the molecule is CCN(CCc1ccccc1)C(=O)CNC(=O)c1ccccc1Cl. The van der Waals surface area contributed by atoms with E-state index >= 15 is 0 Å². The number of hydrogen-bond acceptors (Lipinski definition) is 2. The summed E-state index contributed by atoms with van der Waals surface area (Å²) in [6.45, 7) is 3.13. The highest BCUT2D eigenvalue weighted by molar-refractivity contribution is 6.33. The molecule has 0 atom stereocenters. The van der Waals surface area contributed by atoms with Crippen molar-refractivity contribution in [2.75, 3.05) is 19.6 Å². The molecule has 0 aromatic heterocycles. The number of carbonyl (C=O) groups excluding carboxylic acids is 2. The van der Waals surface area contributed by atoms with Crippen LogP contribution in [0.2, 0.25) is 5.02 Å². The van der Waals surface area contributed by atoms with Crippen molar-refractivity contribution in [2.24, 2.45) is 0 Å². The van der Waals surface area contributed by atoms with Crippen LogP contribution in [0.15, 0.2) is 54.6 Å². The molecule has 0 fully saturated rings. The fourth-order valence-electron chi connectivity index (χ4n) is 2.38. The number of halogens is 1. The van der Waals surface area contributed by atoms with Crippen molar-refractivity contribution >= 4 is 23.4 Å². The number of benzene rings is 2. The lowest BCUT2D eigenvalue weighted by atomic mass is 10.1. The number of amides is 2. The second-order valence-electron chi connectivity index (χ2n) is 5.37. The van der Waals surface area contributed by atoms with Gasteiger partial charge >= 0.3 is 0 Å². The van der Waals surface area contributed by atoms with Crippen LogP contribution < -0.4 is 5.32 Å². The number of nitrogens with one attached hydrogen (secondary N) is 1. The summed E-state index contributed by atoms with van der Waals surface area (Å²) in [4.78, 5) is 26.1. The predicted octanol–water partition coefficient (Wildman–Crippen LogP) is 3.16. The maximum Gasteiger partial charge on any atom is 0.253 e. The van der Waals surface area contributed by atoms with Crippen LogP contribution in [0.3, 0.4) is 0 Å². The molecule has 0 heterocycles. The van der Waals surface area contributed by atoms with E-state index in [-0.39, 0.29) is 18.4 Å². The maximum absolute atomic E-state index is 12.3. The third-order valence-corrected chi connectivity index (χ3v) is 4.10. The van der Waals surface area contributed by atoms with Gasteiger partial charge in [-0.3, -0.25) is 9.59 Å². The molecule has 0 aliphatic rings. The number of hydrogen-bond donors (Lipinski definition) is 1. The molecule has 126 valence electrons. The predicted molar refractivity (Wildman–Crippen MR) is 96.2 cm³/mol. The zero-order chi connectivity index (χ0) is 17.4. The second-order valence-corrected chi connectivity index (χ2v) is 5.78. The Balaban J connectivity index is 1.85. The van der Waals surface area contributed by atoms with Gasteiger partial charge in [-0.1, -0.05) is 54.1 Å². The maximum atomic E-state index is 12.3. The van der Waals surface area contributed by atoms with E-state index in [4.69, 9.17) is 11.6 Å². The molecule has 24 heavy (non-hydrogen) atoms. The molecule has 2 rings (SSSR count). The first kappa shape index (κ1) is 18.0. The molecule has 0 saturated heterocycles. The van der Waals surface area contributed by atoms with E-state index in [9.17, 15) is 9.59 Å². The van der Waals surface area contributed by atoms with Crippen molar-refractivity contribution in [1.29, 1.82) is 0 Å². The van der Waals surface area contributed by atoms with Gasteiger partial charge in [0.15, 0.2) is 0 Å². The second kappa shape index (κ2) is 9.08. The Labute approximate surface area is 147 Å². The van der Waals surface area contributed by atoms with Crippen LogP contribution in [-0.2, 0) is 11.2 Å². The van der Waals surface area contributed by atoms with Crippen LogP contribution in [0.1, 0.15) is 22.8 Å². The molecule has 4 nitrogen and oxygen atoms in total. The quantitative estimate of drug-likeness (QED) is 0.838.